The molecule has 1 aromatic carbocycles. The summed E-state index contributed by atoms with van der Waals surface area (Å²) >= 11 is 0. The monoisotopic (exact) mass is 302 g/mol. The molecule has 0 saturated carbocycles. The van der Waals surface area contributed by atoms with E-state index in [-0.39, 0.29) is 17.9 Å². The molecule has 0 saturated heterocycles. The van der Waals surface area contributed by atoms with Crippen molar-refractivity contribution in [3.8, 4) is 6.07 Å². The van der Waals surface area contributed by atoms with E-state index in [9.17, 15) is 14.4 Å². The molecule has 0 aliphatic carbocycles. The number of anilines is 1. The van der Waals surface area contributed by atoms with Crippen LogP contribution in [0.2, 0.25) is 0 Å². The highest BCUT2D eigenvalue weighted by Crippen LogP contribution is 2.12. The zero-order chi connectivity index (χ0) is 16.7. The number of carbonyl (C=O) groups is 3. The third kappa shape index (κ3) is 4.90. The molecule has 7 nitrogen and oxygen atoms in total. The first-order chi connectivity index (χ1) is 10.3. The van der Waals surface area contributed by atoms with Gasteiger partial charge in [0, 0.05) is 24.6 Å². The van der Waals surface area contributed by atoms with Crippen LogP contribution in [0, 0.1) is 17.2 Å². The van der Waals surface area contributed by atoms with Crippen molar-refractivity contribution in [3.63, 3.8) is 0 Å². The summed E-state index contributed by atoms with van der Waals surface area (Å²) in [6.07, 6.45) is 0.0970. The molecular weight excluding hydrogens is 284 g/mol. The number of benzene rings is 1. The molecule has 1 aromatic rings. The number of carbonyl (C=O) groups excluding carboxylic acids is 3. The zero-order valence-corrected chi connectivity index (χ0v) is 12.4. The highest BCUT2D eigenvalue weighted by atomic mass is 16.2. The molecule has 3 amide bonds. The Balaban J connectivity index is 2.88. The molecular formula is C15H18N4O3. The molecule has 0 spiro atoms. The van der Waals surface area contributed by atoms with E-state index in [1.807, 2.05) is 6.07 Å². The van der Waals surface area contributed by atoms with Crippen LogP contribution in [-0.4, -0.2) is 23.8 Å². The van der Waals surface area contributed by atoms with Crippen LogP contribution in [0.3, 0.4) is 0 Å². The van der Waals surface area contributed by atoms with Gasteiger partial charge in [0.05, 0.1) is 6.07 Å². The first kappa shape index (κ1) is 17.2. The van der Waals surface area contributed by atoms with Gasteiger partial charge in [-0.1, -0.05) is 13.0 Å². The van der Waals surface area contributed by atoms with Crippen LogP contribution < -0.4 is 16.4 Å². The fraction of sp³-hybridized carbons (Fsp3) is 0.333. The molecule has 116 valence electrons. The smallest absolute Gasteiger partial charge is 0.252 e. The zero-order valence-electron chi connectivity index (χ0n) is 12.4. The summed E-state index contributed by atoms with van der Waals surface area (Å²) in [6.45, 7) is 3.02. The van der Waals surface area contributed by atoms with Gasteiger partial charge < -0.3 is 16.4 Å². The third-order valence-electron chi connectivity index (χ3n) is 3.02. The highest BCUT2D eigenvalue weighted by molar-refractivity contribution is 5.99. The normalized spacial score (nSPS) is 12.6. The summed E-state index contributed by atoms with van der Waals surface area (Å²) in [5, 5.41) is 13.8. The number of hydrogen-bond acceptors (Lipinski definition) is 4. The fourth-order valence-electron chi connectivity index (χ4n) is 1.92. The van der Waals surface area contributed by atoms with Crippen molar-refractivity contribution in [2.75, 3.05) is 5.32 Å². The van der Waals surface area contributed by atoms with Gasteiger partial charge in [0.25, 0.3) is 5.91 Å². The Bertz CT molecular complexity index is 621. The van der Waals surface area contributed by atoms with Gasteiger partial charge in [-0.3, -0.25) is 14.4 Å². The second-order valence-corrected chi connectivity index (χ2v) is 4.96. The molecule has 4 N–H and O–H groups in total. The summed E-state index contributed by atoms with van der Waals surface area (Å²) < 4.78 is 0. The van der Waals surface area contributed by atoms with E-state index in [1.54, 1.807) is 25.1 Å². The number of nitrogens with two attached hydrogens (primary N) is 1. The van der Waals surface area contributed by atoms with Crippen LogP contribution in [0.4, 0.5) is 5.69 Å². The van der Waals surface area contributed by atoms with E-state index in [0.29, 0.717) is 5.69 Å². The Hall–Kier alpha value is -2.88. The standard InChI is InChI=1S/C15H18N4O3/c1-9(6-7-16)13(14(17)21)19-15(22)11-4-3-5-12(8-11)18-10(2)20/h3-5,8-9,13H,6H2,1-2H3,(H2,17,21)(H,18,20)(H,19,22)/t9-,13-/m1/s1. The van der Waals surface area contributed by atoms with E-state index >= 15 is 0 Å². The van der Waals surface area contributed by atoms with Crippen LogP contribution in [0.1, 0.15) is 30.6 Å². The van der Waals surface area contributed by atoms with Gasteiger partial charge in [0.1, 0.15) is 6.04 Å². The lowest BCUT2D eigenvalue weighted by atomic mass is 9.98. The molecule has 7 heteroatoms. The van der Waals surface area contributed by atoms with Crippen LogP contribution in [0.25, 0.3) is 0 Å². The lowest BCUT2D eigenvalue weighted by Gasteiger charge is -2.20. The van der Waals surface area contributed by atoms with Crippen LogP contribution in [0.5, 0.6) is 0 Å². The van der Waals surface area contributed by atoms with Gasteiger partial charge in [-0.05, 0) is 24.1 Å². The molecule has 0 fully saturated rings. The average Bonchev–Trinajstić information content (AvgIpc) is 2.43. The minimum absolute atomic E-state index is 0.0970. The number of primary amides is 1. The lowest BCUT2D eigenvalue weighted by Crippen LogP contribution is -2.48. The SMILES string of the molecule is CC(=O)Nc1cccc(C(=O)N[C@@H](C(N)=O)[C@H](C)CC#N)c1. The number of nitrogens with one attached hydrogen (secondary N) is 2. The topological polar surface area (TPSA) is 125 Å². The predicted molar refractivity (Wildman–Crippen MR) is 80.6 cm³/mol. The van der Waals surface area contributed by atoms with Crippen molar-refractivity contribution in [2.45, 2.75) is 26.3 Å². The molecule has 22 heavy (non-hydrogen) atoms. The summed E-state index contributed by atoms with van der Waals surface area (Å²) in [5.41, 5.74) is 6.02. The fourth-order valence-corrected chi connectivity index (χ4v) is 1.92. The number of nitrogens with zero attached hydrogens (tertiary/aromatic N) is 1. The number of rotatable bonds is 6. The quantitative estimate of drug-likeness (QED) is 0.717. The maximum atomic E-state index is 12.2. The van der Waals surface area contributed by atoms with Crippen LogP contribution >= 0.6 is 0 Å². The largest absolute Gasteiger partial charge is 0.368 e. The van der Waals surface area contributed by atoms with Crippen molar-refractivity contribution in [1.82, 2.24) is 5.32 Å². The Morgan fingerprint density at radius 1 is 1.36 bits per heavy atom. The minimum Gasteiger partial charge on any atom is -0.368 e. The average molecular weight is 302 g/mol. The molecule has 0 unspecified atom stereocenters. The van der Waals surface area contributed by atoms with E-state index in [2.05, 4.69) is 10.6 Å². The predicted octanol–water partition coefficient (Wildman–Crippen LogP) is 0.778. The summed E-state index contributed by atoms with van der Waals surface area (Å²) in [5.74, 6) is -1.85. The minimum atomic E-state index is -0.934. The van der Waals surface area contributed by atoms with Crippen molar-refractivity contribution < 1.29 is 14.4 Å². The van der Waals surface area contributed by atoms with Gasteiger partial charge in [-0.15, -0.1) is 0 Å². The van der Waals surface area contributed by atoms with Crippen molar-refractivity contribution in [3.05, 3.63) is 29.8 Å². The molecule has 0 aromatic heterocycles. The van der Waals surface area contributed by atoms with Crippen LogP contribution in [-0.2, 0) is 9.59 Å². The summed E-state index contributed by atoms with van der Waals surface area (Å²) in [7, 11) is 0. The molecule has 0 heterocycles. The highest BCUT2D eigenvalue weighted by Gasteiger charge is 2.25. The Morgan fingerprint density at radius 2 is 2.05 bits per heavy atom. The maximum absolute atomic E-state index is 12.2. The van der Waals surface area contributed by atoms with Gasteiger partial charge >= 0.3 is 0 Å². The van der Waals surface area contributed by atoms with E-state index in [1.165, 1.54) is 13.0 Å². The van der Waals surface area contributed by atoms with Gasteiger partial charge in [-0.25, -0.2) is 0 Å². The first-order valence-corrected chi connectivity index (χ1v) is 6.70. The van der Waals surface area contributed by atoms with Crippen molar-refractivity contribution >= 4 is 23.4 Å². The Kier molecular flexibility index (Phi) is 6.08. The lowest BCUT2D eigenvalue weighted by molar-refractivity contribution is -0.121. The molecule has 2 atom stereocenters. The third-order valence-corrected chi connectivity index (χ3v) is 3.02. The summed E-state index contributed by atoms with van der Waals surface area (Å²) in [4.78, 5) is 34.6. The van der Waals surface area contributed by atoms with Crippen molar-refractivity contribution in [2.24, 2.45) is 11.7 Å². The van der Waals surface area contributed by atoms with Crippen LogP contribution in [0.15, 0.2) is 24.3 Å². The maximum Gasteiger partial charge on any atom is 0.252 e. The second kappa shape index (κ2) is 7.78. The summed E-state index contributed by atoms with van der Waals surface area (Å²) in [6, 6.07) is 7.30. The number of amides is 3. The van der Waals surface area contributed by atoms with E-state index < -0.39 is 23.8 Å². The molecule has 0 aliphatic heterocycles. The molecule has 0 bridgehead atoms. The van der Waals surface area contributed by atoms with Gasteiger partial charge in [0.15, 0.2) is 0 Å². The number of nitriles is 1. The van der Waals surface area contributed by atoms with Crippen molar-refractivity contribution in [1.29, 1.82) is 5.26 Å². The number of hydrogen-bond donors (Lipinski definition) is 3. The van der Waals surface area contributed by atoms with Gasteiger partial charge in [-0.2, -0.15) is 5.26 Å². The molecule has 0 aliphatic rings. The molecule has 0 radical (unpaired) electrons. The Labute approximate surface area is 128 Å². The van der Waals surface area contributed by atoms with Gasteiger partial charge in [0.2, 0.25) is 11.8 Å². The van der Waals surface area contributed by atoms with E-state index in [0.717, 1.165) is 0 Å². The van der Waals surface area contributed by atoms with E-state index in [4.69, 9.17) is 11.0 Å². The molecule has 1 rings (SSSR count). The first-order valence-electron chi connectivity index (χ1n) is 6.70. The second-order valence-electron chi connectivity index (χ2n) is 4.96. The Morgan fingerprint density at radius 3 is 2.59 bits per heavy atom.